The van der Waals surface area contributed by atoms with Crippen LogP contribution in [0.5, 0.6) is 5.75 Å². The van der Waals surface area contributed by atoms with Crippen molar-refractivity contribution in [3.63, 3.8) is 0 Å². The van der Waals surface area contributed by atoms with Crippen molar-refractivity contribution >= 4 is 11.6 Å². The Kier molecular flexibility index (Phi) is 4.34. The molecular formula is C17H22N4O2. The molecule has 122 valence electrons. The van der Waals surface area contributed by atoms with Crippen molar-refractivity contribution in [1.29, 1.82) is 0 Å². The van der Waals surface area contributed by atoms with E-state index in [2.05, 4.69) is 10.00 Å². The minimum Gasteiger partial charge on any atom is -0.495 e. The van der Waals surface area contributed by atoms with E-state index in [-0.39, 0.29) is 11.9 Å². The maximum absolute atomic E-state index is 12.8. The Labute approximate surface area is 136 Å². The zero-order valence-electron chi connectivity index (χ0n) is 13.8. The Morgan fingerprint density at radius 1 is 1.26 bits per heavy atom. The topological polar surface area (TPSA) is 50.6 Å². The highest BCUT2D eigenvalue weighted by Crippen LogP contribution is 2.30. The minimum absolute atomic E-state index is 0.0999. The highest BCUT2D eigenvalue weighted by atomic mass is 16.5. The first-order valence-electron chi connectivity index (χ1n) is 7.77. The van der Waals surface area contributed by atoms with Crippen LogP contribution in [0.4, 0.5) is 5.69 Å². The number of piperazine rings is 1. The van der Waals surface area contributed by atoms with Crippen molar-refractivity contribution in [2.45, 2.75) is 19.5 Å². The summed E-state index contributed by atoms with van der Waals surface area (Å²) in [6, 6.07) is 9.47. The molecule has 6 nitrogen and oxygen atoms in total. The number of rotatable bonds is 4. The normalized spacial score (nSPS) is 19.2. The number of carbonyl (C=O) groups is 1. The van der Waals surface area contributed by atoms with Crippen molar-refractivity contribution in [1.82, 2.24) is 14.7 Å². The Morgan fingerprint density at radius 3 is 2.74 bits per heavy atom. The van der Waals surface area contributed by atoms with Crippen molar-refractivity contribution in [2.75, 3.05) is 25.1 Å². The first-order valence-corrected chi connectivity index (χ1v) is 7.77. The fourth-order valence-electron chi connectivity index (χ4n) is 2.99. The quantitative estimate of drug-likeness (QED) is 0.861. The lowest BCUT2D eigenvalue weighted by atomic mass is 10.1. The number of para-hydroxylation sites is 2. The van der Waals surface area contributed by atoms with Gasteiger partial charge in [0.05, 0.1) is 24.5 Å². The van der Waals surface area contributed by atoms with E-state index in [0.717, 1.165) is 30.2 Å². The fourth-order valence-corrected chi connectivity index (χ4v) is 2.99. The maximum atomic E-state index is 12.8. The van der Waals surface area contributed by atoms with Crippen LogP contribution in [0.2, 0.25) is 0 Å². The second-order valence-electron chi connectivity index (χ2n) is 5.75. The predicted octanol–water partition coefficient (Wildman–Crippen LogP) is 1.67. The molecule has 1 aromatic carbocycles. The number of methoxy groups -OCH3 is 1. The number of carbonyl (C=O) groups excluding carboxylic acids is 1. The van der Waals surface area contributed by atoms with E-state index in [0.29, 0.717) is 6.54 Å². The van der Waals surface area contributed by atoms with E-state index in [4.69, 9.17) is 4.74 Å². The third kappa shape index (κ3) is 2.94. The van der Waals surface area contributed by atoms with Gasteiger partial charge in [-0.05, 0) is 25.1 Å². The molecule has 2 heterocycles. The van der Waals surface area contributed by atoms with Gasteiger partial charge >= 0.3 is 0 Å². The van der Waals surface area contributed by atoms with E-state index < -0.39 is 0 Å². The second kappa shape index (κ2) is 6.42. The molecule has 0 N–H and O–H groups in total. The van der Waals surface area contributed by atoms with Crippen LogP contribution in [0.3, 0.4) is 0 Å². The van der Waals surface area contributed by atoms with Gasteiger partial charge in [-0.3, -0.25) is 14.4 Å². The van der Waals surface area contributed by atoms with Crippen LogP contribution < -0.4 is 9.64 Å². The molecule has 3 rings (SSSR count). The van der Waals surface area contributed by atoms with Gasteiger partial charge < -0.3 is 9.64 Å². The molecule has 6 heteroatoms. The average Bonchev–Trinajstić information content (AvgIpc) is 2.97. The molecule has 0 saturated carbocycles. The van der Waals surface area contributed by atoms with Gasteiger partial charge in [-0.2, -0.15) is 5.10 Å². The van der Waals surface area contributed by atoms with Crippen LogP contribution in [-0.4, -0.2) is 46.8 Å². The number of ether oxygens (including phenoxy) is 1. The molecule has 1 aliphatic heterocycles. The summed E-state index contributed by atoms with van der Waals surface area (Å²) in [6.07, 6.45) is 1.78. The first kappa shape index (κ1) is 15.6. The molecule has 1 amide bonds. The standard InChI is InChI=1S/C17H22N4O2/c1-13-17(22)21(15-6-4-5-7-16(15)23-3)11-10-20(13)12-14-8-9-18-19(14)2/h4-9,13H,10-12H2,1-3H3. The Hall–Kier alpha value is -2.34. The molecule has 0 bridgehead atoms. The molecule has 1 atom stereocenters. The molecule has 1 aromatic heterocycles. The van der Waals surface area contributed by atoms with Crippen LogP contribution in [0.15, 0.2) is 36.5 Å². The predicted molar refractivity (Wildman–Crippen MR) is 88.4 cm³/mol. The molecule has 0 aliphatic carbocycles. The van der Waals surface area contributed by atoms with Gasteiger partial charge in [0.15, 0.2) is 0 Å². The summed E-state index contributed by atoms with van der Waals surface area (Å²) in [7, 11) is 3.55. The third-order valence-electron chi connectivity index (χ3n) is 4.45. The van der Waals surface area contributed by atoms with E-state index in [1.807, 2.05) is 53.9 Å². The molecule has 1 aliphatic rings. The summed E-state index contributed by atoms with van der Waals surface area (Å²) in [6.45, 7) is 4.15. The van der Waals surface area contributed by atoms with Gasteiger partial charge in [0, 0.05) is 32.9 Å². The van der Waals surface area contributed by atoms with E-state index >= 15 is 0 Å². The van der Waals surface area contributed by atoms with Crippen LogP contribution >= 0.6 is 0 Å². The zero-order valence-corrected chi connectivity index (χ0v) is 13.8. The van der Waals surface area contributed by atoms with E-state index in [1.165, 1.54) is 0 Å². The number of hydrogen-bond acceptors (Lipinski definition) is 4. The molecule has 2 aromatic rings. The van der Waals surface area contributed by atoms with Crippen molar-refractivity contribution < 1.29 is 9.53 Å². The third-order valence-corrected chi connectivity index (χ3v) is 4.45. The summed E-state index contributed by atoms with van der Waals surface area (Å²) in [5.41, 5.74) is 1.95. The lowest BCUT2D eigenvalue weighted by Crippen LogP contribution is -2.55. The number of benzene rings is 1. The molecular weight excluding hydrogens is 292 g/mol. The van der Waals surface area contributed by atoms with Crippen LogP contribution in [0.25, 0.3) is 0 Å². The summed E-state index contributed by atoms with van der Waals surface area (Å²) in [4.78, 5) is 16.8. The van der Waals surface area contributed by atoms with Gasteiger partial charge in [0.2, 0.25) is 5.91 Å². The van der Waals surface area contributed by atoms with Crippen molar-refractivity contribution in [2.24, 2.45) is 7.05 Å². The fraction of sp³-hybridized carbons (Fsp3) is 0.412. The summed E-state index contributed by atoms with van der Waals surface area (Å²) in [5.74, 6) is 0.830. The molecule has 23 heavy (non-hydrogen) atoms. The summed E-state index contributed by atoms with van der Waals surface area (Å²) >= 11 is 0. The molecule has 0 radical (unpaired) electrons. The van der Waals surface area contributed by atoms with Gasteiger partial charge in [0.25, 0.3) is 0 Å². The van der Waals surface area contributed by atoms with Crippen molar-refractivity contribution in [3.05, 3.63) is 42.2 Å². The van der Waals surface area contributed by atoms with Crippen molar-refractivity contribution in [3.8, 4) is 5.75 Å². The van der Waals surface area contributed by atoms with Crippen LogP contribution in [0.1, 0.15) is 12.6 Å². The SMILES string of the molecule is COc1ccccc1N1CCN(Cc2ccnn2C)C(C)C1=O. The van der Waals surface area contributed by atoms with E-state index in [1.54, 1.807) is 13.3 Å². The highest BCUT2D eigenvalue weighted by molar-refractivity contribution is 5.98. The Bertz CT molecular complexity index is 697. The Morgan fingerprint density at radius 2 is 2.04 bits per heavy atom. The highest BCUT2D eigenvalue weighted by Gasteiger charge is 2.33. The van der Waals surface area contributed by atoms with Crippen LogP contribution in [0, 0.1) is 0 Å². The molecule has 0 spiro atoms. The monoisotopic (exact) mass is 314 g/mol. The molecule has 1 saturated heterocycles. The first-order chi connectivity index (χ1) is 11.1. The lowest BCUT2D eigenvalue weighted by molar-refractivity contribution is -0.125. The van der Waals surface area contributed by atoms with Gasteiger partial charge in [-0.25, -0.2) is 0 Å². The number of aryl methyl sites for hydroxylation is 1. The minimum atomic E-state index is -0.177. The van der Waals surface area contributed by atoms with E-state index in [9.17, 15) is 4.79 Å². The Balaban J connectivity index is 1.77. The van der Waals surface area contributed by atoms with Crippen LogP contribution in [-0.2, 0) is 18.4 Å². The molecule has 1 fully saturated rings. The second-order valence-corrected chi connectivity index (χ2v) is 5.75. The molecule has 1 unspecified atom stereocenters. The smallest absolute Gasteiger partial charge is 0.244 e. The largest absolute Gasteiger partial charge is 0.495 e. The number of hydrogen-bond donors (Lipinski definition) is 0. The van der Waals surface area contributed by atoms with Gasteiger partial charge in [-0.1, -0.05) is 12.1 Å². The lowest BCUT2D eigenvalue weighted by Gasteiger charge is -2.39. The number of amides is 1. The number of nitrogens with zero attached hydrogens (tertiary/aromatic N) is 4. The maximum Gasteiger partial charge on any atom is 0.244 e. The summed E-state index contributed by atoms with van der Waals surface area (Å²) in [5, 5.41) is 4.19. The number of anilines is 1. The number of aromatic nitrogens is 2. The summed E-state index contributed by atoms with van der Waals surface area (Å²) < 4.78 is 7.24. The van der Waals surface area contributed by atoms with Gasteiger partial charge in [-0.15, -0.1) is 0 Å². The van der Waals surface area contributed by atoms with Gasteiger partial charge in [0.1, 0.15) is 5.75 Å². The average molecular weight is 314 g/mol. The zero-order chi connectivity index (χ0) is 16.4.